The molecule has 0 aliphatic heterocycles. The second-order valence-corrected chi connectivity index (χ2v) is 6.10. The zero-order valence-electron chi connectivity index (χ0n) is 10.8. The van der Waals surface area contributed by atoms with Crippen molar-refractivity contribution in [3.63, 3.8) is 0 Å². The van der Waals surface area contributed by atoms with Crippen molar-refractivity contribution in [1.29, 1.82) is 0 Å². The first kappa shape index (κ1) is 11.9. The number of hydrogen-bond donors (Lipinski definition) is 1. The highest BCUT2D eigenvalue weighted by atomic mass is 32.1. The van der Waals surface area contributed by atoms with E-state index >= 15 is 0 Å². The number of rotatable bonds is 3. The van der Waals surface area contributed by atoms with Crippen LogP contribution in [-0.2, 0) is 6.42 Å². The minimum atomic E-state index is 0.599. The van der Waals surface area contributed by atoms with Gasteiger partial charge in [0.25, 0.3) is 0 Å². The molecule has 2 aromatic heterocycles. The summed E-state index contributed by atoms with van der Waals surface area (Å²) in [4.78, 5) is 11.3. The highest BCUT2D eigenvalue weighted by Crippen LogP contribution is 2.30. The number of nitrogens with zero attached hydrogens (tertiary/aromatic N) is 2. The molecular weight excluding hydrogens is 242 g/mol. The van der Waals surface area contributed by atoms with Crippen molar-refractivity contribution in [2.24, 2.45) is 0 Å². The fourth-order valence-corrected chi connectivity index (χ4v) is 3.57. The van der Waals surface area contributed by atoms with Crippen molar-refractivity contribution in [3.8, 4) is 0 Å². The van der Waals surface area contributed by atoms with Gasteiger partial charge in [-0.05, 0) is 25.3 Å². The minimum Gasteiger partial charge on any atom is -0.367 e. The van der Waals surface area contributed by atoms with E-state index in [0.717, 1.165) is 17.1 Å². The van der Waals surface area contributed by atoms with Crippen LogP contribution in [0.4, 0.5) is 5.82 Å². The number of anilines is 1. The van der Waals surface area contributed by atoms with Crippen LogP contribution in [0.15, 0.2) is 12.4 Å². The van der Waals surface area contributed by atoms with Crippen LogP contribution in [0.1, 0.15) is 43.9 Å². The van der Waals surface area contributed by atoms with Crippen LogP contribution in [0.3, 0.4) is 0 Å². The average Bonchev–Trinajstić information content (AvgIpc) is 2.84. The Morgan fingerprint density at radius 3 is 2.89 bits per heavy atom. The lowest BCUT2D eigenvalue weighted by atomic mass is 9.95. The Labute approximate surface area is 112 Å². The Bertz CT molecular complexity index is 529. The predicted molar refractivity (Wildman–Crippen MR) is 77.3 cm³/mol. The molecule has 0 aromatic carbocycles. The van der Waals surface area contributed by atoms with E-state index in [1.54, 1.807) is 17.7 Å². The Balaban J connectivity index is 1.88. The summed E-state index contributed by atoms with van der Waals surface area (Å²) in [6.45, 7) is 2.19. The van der Waals surface area contributed by atoms with Crippen LogP contribution in [0.2, 0.25) is 0 Å². The fraction of sp³-hybridized carbons (Fsp3) is 0.571. The third kappa shape index (κ3) is 2.34. The van der Waals surface area contributed by atoms with Gasteiger partial charge in [-0.2, -0.15) is 0 Å². The SMILES string of the molecule is CCc1cc2c(NC3CCCCC3)ncnc2s1. The topological polar surface area (TPSA) is 37.8 Å². The lowest BCUT2D eigenvalue weighted by Crippen LogP contribution is -2.22. The van der Waals surface area contributed by atoms with E-state index in [9.17, 15) is 0 Å². The summed E-state index contributed by atoms with van der Waals surface area (Å²) < 4.78 is 0. The summed E-state index contributed by atoms with van der Waals surface area (Å²) in [5.74, 6) is 1.03. The first-order chi connectivity index (χ1) is 8.86. The van der Waals surface area contributed by atoms with Crippen molar-refractivity contribution in [2.75, 3.05) is 5.32 Å². The molecule has 0 unspecified atom stereocenters. The molecule has 3 nitrogen and oxygen atoms in total. The Morgan fingerprint density at radius 1 is 1.28 bits per heavy atom. The highest BCUT2D eigenvalue weighted by molar-refractivity contribution is 7.18. The molecule has 0 radical (unpaired) electrons. The fourth-order valence-electron chi connectivity index (χ4n) is 2.63. The van der Waals surface area contributed by atoms with Gasteiger partial charge in [0, 0.05) is 10.9 Å². The predicted octanol–water partition coefficient (Wildman–Crippen LogP) is 4.00. The van der Waals surface area contributed by atoms with Crippen molar-refractivity contribution in [1.82, 2.24) is 9.97 Å². The standard InChI is InChI=1S/C14H19N3S/c1-2-11-8-12-13(15-9-16-14(12)18-11)17-10-6-4-3-5-7-10/h8-10H,2-7H2,1H3,(H,15,16,17). The second kappa shape index (κ2) is 5.22. The summed E-state index contributed by atoms with van der Waals surface area (Å²) >= 11 is 1.78. The summed E-state index contributed by atoms with van der Waals surface area (Å²) in [6.07, 6.45) is 9.38. The number of fused-ring (bicyclic) bond motifs is 1. The Hall–Kier alpha value is -1.16. The number of hydrogen-bond acceptors (Lipinski definition) is 4. The summed E-state index contributed by atoms with van der Waals surface area (Å²) in [6, 6.07) is 2.84. The quantitative estimate of drug-likeness (QED) is 0.907. The third-order valence-corrected chi connectivity index (χ3v) is 4.86. The number of aromatic nitrogens is 2. The molecule has 2 heterocycles. The largest absolute Gasteiger partial charge is 0.367 e. The van der Waals surface area contributed by atoms with Crippen molar-refractivity contribution >= 4 is 27.4 Å². The molecule has 1 aliphatic rings. The van der Waals surface area contributed by atoms with Crippen LogP contribution >= 0.6 is 11.3 Å². The summed E-state index contributed by atoms with van der Waals surface area (Å²) in [5.41, 5.74) is 0. The van der Waals surface area contributed by atoms with E-state index in [0.29, 0.717) is 6.04 Å². The molecule has 0 spiro atoms. The van der Waals surface area contributed by atoms with Gasteiger partial charge in [0.05, 0.1) is 5.39 Å². The molecule has 0 bridgehead atoms. The van der Waals surface area contributed by atoms with Gasteiger partial charge in [-0.1, -0.05) is 26.2 Å². The van der Waals surface area contributed by atoms with E-state index < -0.39 is 0 Å². The van der Waals surface area contributed by atoms with Crippen LogP contribution in [0, 0.1) is 0 Å². The molecule has 2 aromatic rings. The van der Waals surface area contributed by atoms with Crippen molar-refractivity contribution < 1.29 is 0 Å². The van der Waals surface area contributed by atoms with Gasteiger partial charge in [0.15, 0.2) is 0 Å². The second-order valence-electron chi connectivity index (χ2n) is 4.99. The molecule has 96 valence electrons. The smallest absolute Gasteiger partial charge is 0.138 e. The lowest BCUT2D eigenvalue weighted by Gasteiger charge is -2.23. The molecule has 1 N–H and O–H groups in total. The van der Waals surface area contributed by atoms with Crippen molar-refractivity contribution in [2.45, 2.75) is 51.5 Å². The van der Waals surface area contributed by atoms with Crippen LogP contribution in [-0.4, -0.2) is 16.0 Å². The molecule has 0 saturated heterocycles. The number of aryl methyl sites for hydroxylation is 1. The first-order valence-corrected chi connectivity index (χ1v) is 7.68. The molecule has 0 amide bonds. The Morgan fingerprint density at radius 2 is 2.11 bits per heavy atom. The van der Waals surface area contributed by atoms with Gasteiger partial charge in [-0.3, -0.25) is 0 Å². The average molecular weight is 261 g/mol. The third-order valence-electron chi connectivity index (χ3n) is 3.67. The van der Waals surface area contributed by atoms with E-state index in [1.165, 1.54) is 42.4 Å². The molecule has 4 heteroatoms. The van der Waals surface area contributed by atoms with Crippen LogP contribution < -0.4 is 5.32 Å². The number of thiophene rings is 1. The first-order valence-electron chi connectivity index (χ1n) is 6.87. The van der Waals surface area contributed by atoms with Crippen LogP contribution in [0.25, 0.3) is 10.2 Å². The summed E-state index contributed by atoms with van der Waals surface area (Å²) in [5, 5.41) is 4.82. The highest BCUT2D eigenvalue weighted by Gasteiger charge is 2.15. The van der Waals surface area contributed by atoms with Crippen LogP contribution in [0.5, 0.6) is 0 Å². The normalized spacial score (nSPS) is 17.2. The molecule has 1 aliphatic carbocycles. The van der Waals surface area contributed by atoms with Gasteiger partial charge >= 0.3 is 0 Å². The maximum Gasteiger partial charge on any atom is 0.138 e. The van der Waals surface area contributed by atoms with Gasteiger partial charge < -0.3 is 5.32 Å². The maximum atomic E-state index is 4.43. The monoisotopic (exact) mass is 261 g/mol. The lowest BCUT2D eigenvalue weighted by molar-refractivity contribution is 0.462. The molecule has 3 rings (SSSR count). The van der Waals surface area contributed by atoms with Gasteiger partial charge in [0.2, 0.25) is 0 Å². The van der Waals surface area contributed by atoms with E-state index in [2.05, 4.69) is 28.3 Å². The molecular formula is C14H19N3S. The van der Waals surface area contributed by atoms with Gasteiger partial charge in [-0.15, -0.1) is 11.3 Å². The molecule has 1 saturated carbocycles. The van der Waals surface area contributed by atoms with Crippen molar-refractivity contribution in [3.05, 3.63) is 17.3 Å². The maximum absolute atomic E-state index is 4.43. The van der Waals surface area contributed by atoms with E-state index in [-0.39, 0.29) is 0 Å². The molecule has 18 heavy (non-hydrogen) atoms. The molecule has 0 atom stereocenters. The minimum absolute atomic E-state index is 0.599. The zero-order chi connectivity index (χ0) is 12.4. The molecule has 1 fully saturated rings. The Kier molecular flexibility index (Phi) is 3.46. The summed E-state index contributed by atoms with van der Waals surface area (Å²) in [7, 11) is 0. The van der Waals surface area contributed by atoms with Gasteiger partial charge in [0.1, 0.15) is 17.0 Å². The van der Waals surface area contributed by atoms with E-state index in [4.69, 9.17) is 0 Å². The zero-order valence-corrected chi connectivity index (χ0v) is 11.6. The number of nitrogens with one attached hydrogen (secondary N) is 1. The van der Waals surface area contributed by atoms with E-state index in [1.807, 2.05) is 0 Å². The van der Waals surface area contributed by atoms with Gasteiger partial charge in [-0.25, -0.2) is 9.97 Å².